The van der Waals surface area contributed by atoms with Gasteiger partial charge in [0, 0.05) is 0 Å². The molecule has 1 aromatic carbocycles. The quantitative estimate of drug-likeness (QED) is 0.568. The van der Waals surface area contributed by atoms with Crippen LogP contribution in [0.3, 0.4) is 0 Å². The summed E-state index contributed by atoms with van der Waals surface area (Å²) in [5.41, 5.74) is -0.121. The molecule has 3 rings (SSSR count). The van der Waals surface area contributed by atoms with Crippen LogP contribution in [0, 0.1) is 24.2 Å². The molecule has 28 heavy (non-hydrogen) atoms. The van der Waals surface area contributed by atoms with Gasteiger partial charge in [-0.25, -0.2) is 4.79 Å². The van der Waals surface area contributed by atoms with Gasteiger partial charge in [-0.3, -0.25) is 4.79 Å². The molecule has 1 saturated carbocycles. The summed E-state index contributed by atoms with van der Waals surface area (Å²) in [5, 5.41) is 23.1. The van der Waals surface area contributed by atoms with E-state index in [9.17, 15) is 14.9 Å². The van der Waals surface area contributed by atoms with Gasteiger partial charge in [-0.05, 0) is 54.7 Å². The zero-order valence-electron chi connectivity index (χ0n) is 15.6. The third-order valence-corrected chi connectivity index (χ3v) is 4.53. The molecule has 0 saturated heterocycles. The van der Waals surface area contributed by atoms with E-state index in [-0.39, 0.29) is 11.6 Å². The fourth-order valence-electron chi connectivity index (χ4n) is 2.78. The Morgan fingerprint density at radius 3 is 2.68 bits per heavy atom. The number of carbonyl (C=O) groups is 2. The van der Waals surface area contributed by atoms with Crippen molar-refractivity contribution in [2.24, 2.45) is 5.92 Å². The van der Waals surface area contributed by atoms with Gasteiger partial charge in [0.15, 0.2) is 18.1 Å². The first kappa shape index (κ1) is 19.2. The van der Waals surface area contributed by atoms with Crippen LogP contribution in [-0.4, -0.2) is 44.2 Å². The summed E-state index contributed by atoms with van der Waals surface area (Å²) in [6.45, 7) is 2.82. The molecule has 0 bridgehead atoms. The Morgan fingerprint density at radius 1 is 1.39 bits per heavy atom. The highest BCUT2D eigenvalue weighted by molar-refractivity contribution is 6.15. The van der Waals surface area contributed by atoms with Crippen LogP contribution < -0.4 is 5.32 Å². The fraction of sp³-hybridized carbons (Fsp3) is 0.368. The smallest absolute Gasteiger partial charge is 0.357 e. The predicted octanol–water partition coefficient (Wildman–Crippen LogP) is 1.33. The Kier molecular flexibility index (Phi) is 5.49. The van der Waals surface area contributed by atoms with Crippen LogP contribution >= 0.6 is 0 Å². The summed E-state index contributed by atoms with van der Waals surface area (Å²) in [4.78, 5) is 24.8. The highest BCUT2D eigenvalue weighted by Gasteiger charge is 2.43. The van der Waals surface area contributed by atoms with Gasteiger partial charge in [-0.2, -0.15) is 9.94 Å². The maximum absolute atomic E-state index is 12.6. The van der Waals surface area contributed by atoms with E-state index in [0.717, 1.165) is 18.4 Å². The van der Waals surface area contributed by atoms with E-state index >= 15 is 0 Å². The topological polar surface area (TPSA) is 123 Å². The van der Waals surface area contributed by atoms with Gasteiger partial charge >= 0.3 is 5.97 Å². The molecule has 9 nitrogen and oxygen atoms in total. The minimum absolute atomic E-state index is 0.0757. The molecule has 1 amide bonds. The largest absolute Gasteiger partial charge is 0.451 e. The van der Waals surface area contributed by atoms with Gasteiger partial charge in [0.1, 0.15) is 5.54 Å². The summed E-state index contributed by atoms with van der Waals surface area (Å²) >= 11 is 0. The van der Waals surface area contributed by atoms with Crippen molar-refractivity contribution in [3.8, 4) is 6.07 Å². The van der Waals surface area contributed by atoms with Gasteiger partial charge in [0.05, 0.1) is 6.07 Å². The number of aryl methyl sites for hydroxylation is 1. The first-order valence-electron chi connectivity index (χ1n) is 8.84. The van der Waals surface area contributed by atoms with Crippen molar-refractivity contribution in [3.63, 3.8) is 0 Å². The SMILES string of the molecule is Cc1nnnn1/C(=C\c1ccccc1)C(=O)OCC(=O)N[C@](C)(C#N)C1CC1. The maximum atomic E-state index is 12.6. The molecule has 1 atom stereocenters. The average molecular weight is 380 g/mol. The Bertz CT molecular complexity index is 942. The van der Waals surface area contributed by atoms with Crippen molar-refractivity contribution in [1.29, 1.82) is 5.26 Å². The predicted molar refractivity (Wildman–Crippen MR) is 99.0 cm³/mol. The molecule has 1 aliphatic rings. The molecular formula is C19H20N6O3. The maximum Gasteiger partial charge on any atom is 0.357 e. The van der Waals surface area contributed by atoms with Crippen molar-refractivity contribution < 1.29 is 14.3 Å². The van der Waals surface area contributed by atoms with Crippen molar-refractivity contribution in [2.75, 3.05) is 6.61 Å². The summed E-state index contributed by atoms with van der Waals surface area (Å²) in [5.74, 6) is -0.750. The average Bonchev–Trinajstić information content (AvgIpc) is 3.47. The molecule has 0 radical (unpaired) electrons. The van der Waals surface area contributed by atoms with E-state index in [2.05, 4.69) is 26.9 Å². The number of tetrazole rings is 1. The van der Waals surface area contributed by atoms with Crippen molar-refractivity contribution in [3.05, 3.63) is 41.7 Å². The Balaban J connectivity index is 1.72. The molecule has 9 heteroatoms. The standard InChI is InChI=1S/C19H20N6O3/c1-13-22-23-24-25(13)16(10-14-6-4-3-5-7-14)18(27)28-11-17(26)21-19(2,12-20)15-8-9-15/h3-7,10,15H,8-9,11H2,1-2H3,(H,21,26)/b16-10-/t19-/m1/s1. The summed E-state index contributed by atoms with van der Waals surface area (Å²) in [6.07, 6.45) is 3.37. The number of esters is 1. The number of nitrogens with one attached hydrogen (secondary N) is 1. The van der Waals surface area contributed by atoms with Crippen LogP contribution in [0.2, 0.25) is 0 Å². The van der Waals surface area contributed by atoms with Crippen LogP contribution in [0.25, 0.3) is 11.8 Å². The lowest BCUT2D eigenvalue weighted by atomic mass is 9.98. The van der Waals surface area contributed by atoms with Crippen LogP contribution in [-0.2, 0) is 14.3 Å². The van der Waals surface area contributed by atoms with Crippen LogP contribution in [0.4, 0.5) is 0 Å². The Hall–Kier alpha value is -3.54. The molecule has 2 aromatic rings. The lowest BCUT2D eigenvalue weighted by Gasteiger charge is -2.22. The van der Waals surface area contributed by atoms with E-state index in [4.69, 9.17) is 4.74 Å². The number of ether oxygens (including phenoxy) is 1. The molecule has 0 aliphatic heterocycles. The third kappa shape index (κ3) is 4.40. The van der Waals surface area contributed by atoms with E-state index < -0.39 is 24.0 Å². The number of nitriles is 1. The number of nitrogens with zero attached hydrogens (tertiary/aromatic N) is 5. The summed E-state index contributed by atoms with van der Waals surface area (Å²) < 4.78 is 6.41. The van der Waals surface area contributed by atoms with Gasteiger partial charge < -0.3 is 10.1 Å². The summed E-state index contributed by atoms with van der Waals surface area (Å²) in [7, 11) is 0. The van der Waals surface area contributed by atoms with Crippen molar-refractivity contribution >= 4 is 23.6 Å². The second kappa shape index (κ2) is 8.00. The van der Waals surface area contributed by atoms with Gasteiger partial charge in [0.25, 0.3) is 5.91 Å². The number of hydrogen-bond acceptors (Lipinski definition) is 7. The molecule has 0 spiro atoms. The van der Waals surface area contributed by atoms with Crippen LogP contribution in [0.1, 0.15) is 31.2 Å². The molecule has 144 valence electrons. The number of benzene rings is 1. The highest BCUT2D eigenvalue weighted by atomic mass is 16.5. The van der Waals surface area contributed by atoms with E-state index in [1.165, 1.54) is 4.68 Å². The second-order valence-electron chi connectivity index (χ2n) is 6.79. The van der Waals surface area contributed by atoms with E-state index in [1.54, 1.807) is 19.9 Å². The lowest BCUT2D eigenvalue weighted by Crippen LogP contribution is -2.48. The normalized spacial score (nSPS) is 16.0. The first-order valence-corrected chi connectivity index (χ1v) is 8.84. The molecule has 1 N–H and O–H groups in total. The van der Waals surface area contributed by atoms with Gasteiger partial charge in [0.2, 0.25) is 0 Å². The van der Waals surface area contributed by atoms with Crippen molar-refractivity contribution in [2.45, 2.75) is 32.2 Å². The molecular weight excluding hydrogens is 360 g/mol. The van der Waals surface area contributed by atoms with E-state index in [1.807, 2.05) is 30.3 Å². The molecule has 0 unspecified atom stereocenters. The molecule has 1 aliphatic carbocycles. The van der Waals surface area contributed by atoms with Crippen molar-refractivity contribution in [1.82, 2.24) is 25.5 Å². The fourth-order valence-corrected chi connectivity index (χ4v) is 2.78. The lowest BCUT2D eigenvalue weighted by molar-refractivity contribution is -0.143. The minimum Gasteiger partial charge on any atom is -0.451 e. The third-order valence-electron chi connectivity index (χ3n) is 4.53. The van der Waals surface area contributed by atoms with Crippen LogP contribution in [0.15, 0.2) is 30.3 Å². The monoisotopic (exact) mass is 380 g/mol. The number of rotatable bonds is 7. The molecule has 1 aromatic heterocycles. The number of carbonyl (C=O) groups excluding carboxylic acids is 2. The second-order valence-corrected chi connectivity index (χ2v) is 6.79. The highest BCUT2D eigenvalue weighted by Crippen LogP contribution is 2.39. The number of hydrogen-bond donors (Lipinski definition) is 1. The number of aromatic nitrogens is 4. The first-order chi connectivity index (χ1) is 13.4. The minimum atomic E-state index is -0.946. The molecule has 1 heterocycles. The Morgan fingerprint density at radius 2 is 2.11 bits per heavy atom. The zero-order chi connectivity index (χ0) is 20.1. The summed E-state index contributed by atoms with van der Waals surface area (Å²) in [6, 6.07) is 11.3. The van der Waals surface area contributed by atoms with E-state index in [0.29, 0.717) is 5.82 Å². The number of amides is 1. The van der Waals surface area contributed by atoms with Gasteiger partial charge in [-0.1, -0.05) is 30.3 Å². The van der Waals surface area contributed by atoms with Crippen LogP contribution in [0.5, 0.6) is 0 Å². The Labute approximate surface area is 162 Å². The van der Waals surface area contributed by atoms with Gasteiger partial charge in [-0.15, -0.1) is 5.10 Å². The molecule has 1 fully saturated rings. The zero-order valence-corrected chi connectivity index (χ0v) is 15.6.